The van der Waals surface area contributed by atoms with Gasteiger partial charge in [-0.1, -0.05) is 15.9 Å². The van der Waals surface area contributed by atoms with Crippen LogP contribution in [0.5, 0.6) is 0 Å². The molecule has 0 unspecified atom stereocenters. The van der Waals surface area contributed by atoms with Gasteiger partial charge in [0.15, 0.2) is 27.3 Å². The third kappa shape index (κ3) is 4.85. The van der Waals surface area contributed by atoms with Gasteiger partial charge in [-0.05, 0) is 50.5 Å². The fraction of sp³-hybridized carbons (Fsp3) is 0.421. The lowest BCUT2D eigenvalue weighted by Crippen LogP contribution is -2.39. The lowest BCUT2D eigenvalue weighted by atomic mass is 10.0. The van der Waals surface area contributed by atoms with Gasteiger partial charge >= 0.3 is 0 Å². The second-order valence-electron chi connectivity index (χ2n) is 6.97. The Bertz CT molecular complexity index is 987. The molecule has 1 atom stereocenters. The van der Waals surface area contributed by atoms with Crippen molar-refractivity contribution in [2.24, 2.45) is 0 Å². The molecule has 1 aromatic carbocycles. The summed E-state index contributed by atoms with van der Waals surface area (Å²) in [4.78, 5) is 3.63. The quantitative estimate of drug-likeness (QED) is 0.601. The molecule has 1 aromatic heterocycles. The highest BCUT2D eigenvalue weighted by Gasteiger charge is 2.33. The van der Waals surface area contributed by atoms with Gasteiger partial charge in [0.25, 0.3) is 5.95 Å². The van der Waals surface area contributed by atoms with E-state index in [0.717, 1.165) is 23.7 Å². The molecular weight excluding hydrogens is 471 g/mol. The molecule has 3 rings (SSSR count). The minimum atomic E-state index is -4.43. The van der Waals surface area contributed by atoms with Gasteiger partial charge in [-0.2, -0.15) is 9.37 Å². The molecule has 29 heavy (non-hydrogen) atoms. The molecule has 0 aliphatic carbocycles. The van der Waals surface area contributed by atoms with Crippen molar-refractivity contribution in [2.75, 3.05) is 29.1 Å². The predicted octanol–water partition coefficient (Wildman–Crippen LogP) is 4.53. The van der Waals surface area contributed by atoms with Crippen molar-refractivity contribution in [3.63, 3.8) is 0 Å². The van der Waals surface area contributed by atoms with Crippen LogP contribution in [0.25, 0.3) is 0 Å². The molecule has 0 amide bonds. The molecule has 0 saturated carbocycles. The van der Waals surface area contributed by atoms with E-state index in [1.165, 1.54) is 4.90 Å². The number of pyridine rings is 1. The third-order valence-corrected chi connectivity index (χ3v) is 7.16. The summed E-state index contributed by atoms with van der Waals surface area (Å²) in [5, 5.41) is 2.87. The summed E-state index contributed by atoms with van der Waals surface area (Å²) in [5.41, 5.74) is 0.646. The van der Waals surface area contributed by atoms with Crippen molar-refractivity contribution >= 4 is 37.3 Å². The maximum Gasteiger partial charge on any atom is 0.252 e. The molecule has 0 bridgehead atoms. The molecule has 158 valence electrons. The average molecular weight is 492 g/mol. The summed E-state index contributed by atoms with van der Waals surface area (Å²) in [6.07, 6.45) is 2.40. The Morgan fingerprint density at radius 3 is 2.52 bits per heavy atom. The highest BCUT2D eigenvalue weighted by molar-refractivity contribution is 9.10. The molecule has 1 aliphatic rings. The molecule has 2 heterocycles. The highest BCUT2D eigenvalue weighted by atomic mass is 79.9. The first-order chi connectivity index (χ1) is 13.7. The number of anilines is 2. The number of hydrogen-bond donors (Lipinski definition) is 1. The number of rotatable bonds is 6. The van der Waals surface area contributed by atoms with Crippen molar-refractivity contribution in [3.05, 3.63) is 46.3 Å². The Hall–Kier alpha value is -1.81. The number of nitrogens with one attached hydrogen (secondary N) is 1. The standard InChI is InChI=1S/C19H21BrF3N3O2S/c1-12-4-2-3-10-26(12)19-16(22)17(15(21)18(23)25-19)29(27,28)11-9-24-14-7-5-13(20)6-8-14/h5-8,12,24H,2-4,9-11H2,1H3/t12-/m1/s1. The van der Waals surface area contributed by atoms with Crippen molar-refractivity contribution in [1.29, 1.82) is 0 Å². The van der Waals surface area contributed by atoms with Crippen LogP contribution in [0.2, 0.25) is 0 Å². The highest BCUT2D eigenvalue weighted by Crippen LogP contribution is 2.31. The molecule has 1 aliphatic heterocycles. The van der Waals surface area contributed by atoms with Crippen LogP contribution in [0, 0.1) is 17.6 Å². The van der Waals surface area contributed by atoms with Crippen molar-refractivity contribution in [2.45, 2.75) is 37.1 Å². The third-order valence-electron chi connectivity index (χ3n) is 4.91. The van der Waals surface area contributed by atoms with E-state index >= 15 is 4.39 Å². The molecule has 2 aromatic rings. The minimum absolute atomic E-state index is 0.0950. The molecule has 5 nitrogen and oxygen atoms in total. The van der Waals surface area contributed by atoms with Crippen LogP contribution in [0.4, 0.5) is 24.7 Å². The van der Waals surface area contributed by atoms with Crippen LogP contribution < -0.4 is 10.2 Å². The fourth-order valence-corrected chi connectivity index (χ4v) is 4.92. The van der Waals surface area contributed by atoms with E-state index in [1.54, 1.807) is 24.3 Å². The number of hydrogen-bond acceptors (Lipinski definition) is 5. The second-order valence-corrected chi connectivity index (χ2v) is 9.94. The first kappa shape index (κ1) is 21.9. The number of sulfone groups is 1. The van der Waals surface area contributed by atoms with Crippen LogP contribution in [-0.2, 0) is 9.84 Å². The van der Waals surface area contributed by atoms with Gasteiger partial charge in [0.05, 0.1) is 5.75 Å². The van der Waals surface area contributed by atoms with Gasteiger partial charge < -0.3 is 10.2 Å². The lowest BCUT2D eigenvalue weighted by Gasteiger charge is -2.34. The molecule has 1 saturated heterocycles. The van der Waals surface area contributed by atoms with Crippen LogP contribution >= 0.6 is 15.9 Å². The number of nitrogens with zero attached hydrogens (tertiary/aromatic N) is 2. The van der Waals surface area contributed by atoms with Gasteiger partial charge in [0.2, 0.25) is 0 Å². The van der Waals surface area contributed by atoms with Gasteiger partial charge in [-0.3, -0.25) is 0 Å². The SMILES string of the molecule is C[C@@H]1CCCCN1c1nc(F)c(F)c(S(=O)(=O)CCNc2ccc(Br)cc2)c1F. The zero-order valence-electron chi connectivity index (χ0n) is 15.8. The number of aromatic nitrogens is 1. The smallest absolute Gasteiger partial charge is 0.252 e. The number of piperidine rings is 1. The Morgan fingerprint density at radius 2 is 1.86 bits per heavy atom. The van der Waals surface area contributed by atoms with E-state index in [-0.39, 0.29) is 12.6 Å². The van der Waals surface area contributed by atoms with Gasteiger partial charge in [-0.25, -0.2) is 17.2 Å². The Kier molecular flexibility index (Phi) is 6.72. The Labute approximate surface area is 176 Å². The zero-order chi connectivity index (χ0) is 21.2. The van der Waals surface area contributed by atoms with Crippen LogP contribution in [0.3, 0.4) is 0 Å². The Morgan fingerprint density at radius 1 is 1.17 bits per heavy atom. The summed E-state index contributed by atoms with van der Waals surface area (Å²) >= 11 is 3.29. The van der Waals surface area contributed by atoms with Crippen LogP contribution in [0.15, 0.2) is 33.6 Å². The molecule has 10 heteroatoms. The maximum absolute atomic E-state index is 15.0. The number of benzene rings is 1. The summed E-state index contributed by atoms with van der Waals surface area (Å²) in [6, 6.07) is 6.82. The fourth-order valence-electron chi connectivity index (χ4n) is 3.36. The summed E-state index contributed by atoms with van der Waals surface area (Å²) in [5.74, 6) is -5.77. The lowest BCUT2D eigenvalue weighted by molar-refractivity contribution is 0.417. The van der Waals surface area contributed by atoms with E-state index in [9.17, 15) is 17.2 Å². The Balaban J connectivity index is 1.86. The van der Waals surface area contributed by atoms with E-state index in [0.29, 0.717) is 12.2 Å². The van der Waals surface area contributed by atoms with Crippen molar-refractivity contribution in [3.8, 4) is 0 Å². The molecular formula is C19H21BrF3N3O2S. The monoisotopic (exact) mass is 491 g/mol. The molecule has 0 radical (unpaired) electrons. The van der Waals surface area contributed by atoms with E-state index < -0.39 is 43.9 Å². The van der Waals surface area contributed by atoms with E-state index in [4.69, 9.17) is 0 Å². The van der Waals surface area contributed by atoms with E-state index in [2.05, 4.69) is 26.2 Å². The van der Waals surface area contributed by atoms with Gasteiger partial charge in [0, 0.05) is 29.3 Å². The maximum atomic E-state index is 15.0. The van der Waals surface area contributed by atoms with Gasteiger partial charge in [0.1, 0.15) is 4.90 Å². The summed E-state index contributed by atoms with van der Waals surface area (Å²) in [6.45, 7) is 2.13. The normalized spacial score (nSPS) is 17.4. The summed E-state index contributed by atoms with van der Waals surface area (Å²) < 4.78 is 69.6. The molecule has 0 spiro atoms. The average Bonchev–Trinajstić information content (AvgIpc) is 2.67. The van der Waals surface area contributed by atoms with Crippen LogP contribution in [-0.4, -0.2) is 38.3 Å². The largest absolute Gasteiger partial charge is 0.384 e. The second kappa shape index (κ2) is 8.91. The first-order valence-electron chi connectivity index (χ1n) is 9.24. The topological polar surface area (TPSA) is 62.3 Å². The first-order valence-corrected chi connectivity index (χ1v) is 11.7. The molecule has 1 fully saturated rings. The zero-order valence-corrected chi connectivity index (χ0v) is 18.2. The van der Waals surface area contributed by atoms with Gasteiger partial charge in [-0.15, -0.1) is 0 Å². The van der Waals surface area contributed by atoms with Crippen LogP contribution in [0.1, 0.15) is 26.2 Å². The van der Waals surface area contributed by atoms with Crippen molar-refractivity contribution in [1.82, 2.24) is 4.98 Å². The predicted molar refractivity (Wildman–Crippen MR) is 109 cm³/mol. The summed E-state index contributed by atoms with van der Waals surface area (Å²) in [7, 11) is -4.43. The van der Waals surface area contributed by atoms with E-state index in [1.807, 2.05) is 6.92 Å². The number of halogens is 4. The molecule has 1 N–H and O–H groups in total. The van der Waals surface area contributed by atoms with Crippen molar-refractivity contribution < 1.29 is 21.6 Å². The minimum Gasteiger partial charge on any atom is -0.384 e.